The predicted octanol–water partition coefficient (Wildman–Crippen LogP) is 4.15. The molecule has 3 heterocycles. The number of piperazine rings is 1. The minimum absolute atomic E-state index is 0.217. The maximum Gasteiger partial charge on any atom is 0.257 e. The summed E-state index contributed by atoms with van der Waals surface area (Å²) < 4.78 is 0. The molecule has 1 saturated heterocycles. The number of benzene rings is 2. The summed E-state index contributed by atoms with van der Waals surface area (Å²) in [7, 11) is 0. The number of rotatable bonds is 7. The predicted molar refractivity (Wildman–Crippen MR) is 142 cm³/mol. The molecule has 0 aliphatic carbocycles. The monoisotopic (exact) mass is 480 g/mol. The van der Waals surface area contributed by atoms with Crippen LogP contribution in [0.5, 0.6) is 0 Å². The Kier molecular flexibility index (Phi) is 6.98. The van der Waals surface area contributed by atoms with E-state index in [2.05, 4.69) is 64.6 Å². The maximum absolute atomic E-state index is 12.5. The fourth-order valence-electron chi connectivity index (χ4n) is 4.01. The van der Waals surface area contributed by atoms with Crippen molar-refractivity contribution in [1.29, 1.82) is 0 Å². The molecule has 9 nitrogen and oxygen atoms in total. The molecule has 0 spiro atoms. The molecule has 1 fully saturated rings. The average molecular weight is 481 g/mol. The van der Waals surface area contributed by atoms with E-state index in [9.17, 15) is 4.79 Å². The molecule has 5 rings (SSSR count). The van der Waals surface area contributed by atoms with E-state index in [1.807, 2.05) is 43.3 Å². The maximum atomic E-state index is 12.5. The van der Waals surface area contributed by atoms with Gasteiger partial charge >= 0.3 is 0 Å². The molecule has 0 atom stereocenters. The molecule has 36 heavy (non-hydrogen) atoms. The van der Waals surface area contributed by atoms with Gasteiger partial charge in [-0.15, -0.1) is 0 Å². The van der Waals surface area contributed by atoms with Gasteiger partial charge in [-0.1, -0.05) is 43.3 Å². The first-order valence-electron chi connectivity index (χ1n) is 12.1. The normalized spacial score (nSPS) is 13.4. The summed E-state index contributed by atoms with van der Waals surface area (Å²) in [5, 5.41) is 6.02. The topological polar surface area (TPSA) is 99.2 Å². The van der Waals surface area contributed by atoms with E-state index in [4.69, 9.17) is 0 Å². The molecule has 4 aromatic rings. The first-order valence-corrected chi connectivity index (χ1v) is 12.1. The lowest BCUT2D eigenvalue weighted by Crippen LogP contribution is -2.47. The third-order valence-electron chi connectivity index (χ3n) is 5.97. The molecule has 182 valence electrons. The van der Waals surface area contributed by atoms with Crippen molar-refractivity contribution in [1.82, 2.24) is 19.9 Å². The van der Waals surface area contributed by atoms with E-state index in [0.29, 0.717) is 35.5 Å². The van der Waals surface area contributed by atoms with Gasteiger partial charge in [-0.05, 0) is 36.4 Å². The smallest absolute Gasteiger partial charge is 0.257 e. The second-order valence-electron chi connectivity index (χ2n) is 8.42. The second-order valence-corrected chi connectivity index (χ2v) is 8.42. The summed E-state index contributed by atoms with van der Waals surface area (Å²) in [6.45, 7) is 5.46. The average Bonchev–Trinajstić information content (AvgIpc) is 2.94. The highest BCUT2D eigenvalue weighted by Gasteiger charge is 2.20. The highest BCUT2D eigenvalue weighted by molar-refractivity contribution is 6.04. The number of nitrogens with one attached hydrogen (secondary N) is 2. The minimum Gasteiger partial charge on any atom is -0.368 e. The number of para-hydroxylation sites is 2. The molecule has 1 aliphatic rings. The van der Waals surface area contributed by atoms with Crippen LogP contribution >= 0.6 is 0 Å². The van der Waals surface area contributed by atoms with E-state index in [0.717, 1.165) is 31.9 Å². The number of hydrogen-bond donors (Lipinski definition) is 2. The fourth-order valence-corrected chi connectivity index (χ4v) is 4.01. The summed E-state index contributed by atoms with van der Waals surface area (Å²) >= 11 is 0. The number of nitrogens with zero attached hydrogens (tertiary/aromatic N) is 6. The van der Waals surface area contributed by atoms with Crippen molar-refractivity contribution in [3.8, 4) is 0 Å². The summed E-state index contributed by atoms with van der Waals surface area (Å²) in [5.41, 5.74) is 2.43. The van der Waals surface area contributed by atoms with E-state index in [-0.39, 0.29) is 5.91 Å². The zero-order chi connectivity index (χ0) is 24.7. The zero-order valence-corrected chi connectivity index (χ0v) is 20.1. The van der Waals surface area contributed by atoms with Crippen LogP contribution in [0.15, 0.2) is 79.0 Å². The number of hydrogen-bond acceptors (Lipinski definition) is 8. The molecule has 2 aromatic carbocycles. The highest BCUT2D eigenvalue weighted by atomic mass is 16.1. The van der Waals surface area contributed by atoms with Gasteiger partial charge in [-0.2, -0.15) is 15.0 Å². The Morgan fingerprint density at radius 3 is 2.19 bits per heavy atom. The third kappa shape index (κ3) is 5.57. The number of pyridine rings is 1. The van der Waals surface area contributed by atoms with Crippen molar-refractivity contribution < 1.29 is 4.79 Å². The summed E-state index contributed by atoms with van der Waals surface area (Å²) in [6, 6.07) is 23.2. The van der Waals surface area contributed by atoms with Crippen LogP contribution in [0, 0.1) is 0 Å². The van der Waals surface area contributed by atoms with Gasteiger partial charge in [0.2, 0.25) is 11.9 Å². The fraction of sp³-hybridized carbons (Fsp3) is 0.222. The van der Waals surface area contributed by atoms with E-state index in [1.54, 1.807) is 12.1 Å². The van der Waals surface area contributed by atoms with Crippen LogP contribution in [0.4, 0.5) is 29.1 Å². The van der Waals surface area contributed by atoms with Gasteiger partial charge in [-0.3, -0.25) is 4.79 Å². The van der Waals surface area contributed by atoms with Crippen molar-refractivity contribution in [3.05, 3.63) is 90.4 Å². The van der Waals surface area contributed by atoms with Crippen LogP contribution in [-0.2, 0) is 6.42 Å². The number of carbonyl (C=O) groups excluding carboxylic acids is 1. The number of aryl methyl sites for hydroxylation is 1. The minimum atomic E-state index is -0.217. The van der Waals surface area contributed by atoms with Crippen molar-refractivity contribution in [2.45, 2.75) is 13.3 Å². The Balaban J connectivity index is 1.25. The lowest BCUT2D eigenvalue weighted by molar-refractivity contribution is 0.102. The summed E-state index contributed by atoms with van der Waals surface area (Å²) in [5.74, 6) is 2.16. The van der Waals surface area contributed by atoms with Crippen LogP contribution in [-0.4, -0.2) is 52.0 Å². The van der Waals surface area contributed by atoms with Crippen LogP contribution in [0.2, 0.25) is 0 Å². The van der Waals surface area contributed by atoms with E-state index in [1.165, 1.54) is 11.9 Å². The number of anilines is 5. The van der Waals surface area contributed by atoms with Crippen LogP contribution in [0.3, 0.4) is 0 Å². The SMILES string of the molecule is CCc1nc(Nc2ccc(C(=O)Nc3ccccc3)cn2)nc(N2CCN(c3ccccc3)CC2)n1. The van der Waals surface area contributed by atoms with Crippen molar-refractivity contribution in [3.63, 3.8) is 0 Å². The largest absolute Gasteiger partial charge is 0.368 e. The Morgan fingerprint density at radius 1 is 0.833 bits per heavy atom. The summed E-state index contributed by atoms with van der Waals surface area (Å²) in [6.07, 6.45) is 2.23. The van der Waals surface area contributed by atoms with Crippen molar-refractivity contribution >= 4 is 35.0 Å². The second kappa shape index (κ2) is 10.8. The first kappa shape index (κ1) is 23.2. The molecular formula is C27H28N8O. The van der Waals surface area contributed by atoms with Crippen molar-refractivity contribution in [2.75, 3.05) is 46.6 Å². The molecule has 1 aliphatic heterocycles. The molecule has 1 amide bonds. The van der Waals surface area contributed by atoms with Gasteiger partial charge in [0.1, 0.15) is 11.6 Å². The van der Waals surface area contributed by atoms with Gasteiger partial charge in [0.05, 0.1) is 5.56 Å². The highest BCUT2D eigenvalue weighted by Crippen LogP contribution is 2.20. The van der Waals surface area contributed by atoms with Gasteiger partial charge in [0.25, 0.3) is 5.91 Å². The van der Waals surface area contributed by atoms with Gasteiger partial charge in [0.15, 0.2) is 0 Å². The first-order chi connectivity index (χ1) is 17.7. The number of carbonyl (C=O) groups is 1. The Hall–Kier alpha value is -4.53. The number of amides is 1. The molecule has 0 unspecified atom stereocenters. The lowest BCUT2D eigenvalue weighted by atomic mass is 10.2. The van der Waals surface area contributed by atoms with Gasteiger partial charge in [-0.25, -0.2) is 4.98 Å². The van der Waals surface area contributed by atoms with Gasteiger partial charge in [0, 0.05) is 50.2 Å². The van der Waals surface area contributed by atoms with Crippen LogP contribution in [0.25, 0.3) is 0 Å². The van der Waals surface area contributed by atoms with Crippen LogP contribution < -0.4 is 20.4 Å². The molecule has 0 radical (unpaired) electrons. The molecular weight excluding hydrogens is 452 g/mol. The quantitative estimate of drug-likeness (QED) is 0.407. The molecule has 2 aromatic heterocycles. The molecule has 0 bridgehead atoms. The standard InChI is InChI=1S/C27H28N8O/c1-2-23-30-26(31-24-14-13-20(19-28-24)25(36)29-21-9-5-3-6-10-21)33-27(32-23)35-17-15-34(16-18-35)22-11-7-4-8-12-22/h3-14,19H,2,15-18H2,1H3,(H,29,36)(H,28,30,31,32,33). The van der Waals surface area contributed by atoms with Crippen molar-refractivity contribution in [2.24, 2.45) is 0 Å². The van der Waals surface area contributed by atoms with Crippen LogP contribution in [0.1, 0.15) is 23.1 Å². The Bertz CT molecular complexity index is 1290. The molecule has 2 N–H and O–H groups in total. The Labute approximate surface area is 210 Å². The van der Waals surface area contributed by atoms with Gasteiger partial charge < -0.3 is 20.4 Å². The third-order valence-corrected chi connectivity index (χ3v) is 5.97. The lowest BCUT2D eigenvalue weighted by Gasteiger charge is -2.36. The summed E-state index contributed by atoms with van der Waals surface area (Å²) in [4.78, 5) is 35.3. The molecule has 9 heteroatoms. The number of aromatic nitrogens is 4. The van der Waals surface area contributed by atoms with E-state index < -0.39 is 0 Å². The molecule has 0 saturated carbocycles. The van der Waals surface area contributed by atoms with E-state index >= 15 is 0 Å². The zero-order valence-electron chi connectivity index (χ0n) is 20.1. The Morgan fingerprint density at radius 2 is 1.53 bits per heavy atom.